The van der Waals surface area contributed by atoms with Crippen molar-refractivity contribution in [3.05, 3.63) is 29.8 Å². The molecular weight excluding hydrogens is 339 g/mol. The molecule has 1 aliphatic rings. The van der Waals surface area contributed by atoms with Gasteiger partial charge in [-0.1, -0.05) is 12.1 Å². The Hall–Kier alpha value is -2.30. The van der Waals surface area contributed by atoms with E-state index in [9.17, 15) is 21.6 Å². The summed E-state index contributed by atoms with van der Waals surface area (Å²) >= 11 is 0. The molecule has 0 aromatic heterocycles. The third kappa shape index (κ3) is 7.00. The van der Waals surface area contributed by atoms with Crippen LogP contribution in [0.1, 0.15) is 12.0 Å². The Balaban J connectivity index is 0.000000322. The van der Waals surface area contributed by atoms with Gasteiger partial charge in [0.1, 0.15) is 0 Å². The molecular formula is C12H14F3N3O4S. The van der Waals surface area contributed by atoms with Crippen LogP contribution in [0.5, 0.6) is 0 Å². The molecule has 1 heterocycles. The van der Waals surface area contributed by atoms with Crippen LogP contribution in [0.4, 0.5) is 18.9 Å². The summed E-state index contributed by atoms with van der Waals surface area (Å²) in [6.07, 6.45) is -3.05. The van der Waals surface area contributed by atoms with Gasteiger partial charge in [-0.2, -0.15) is 18.3 Å². The zero-order valence-electron chi connectivity index (χ0n) is 11.9. The fourth-order valence-corrected chi connectivity index (χ4v) is 2.10. The van der Waals surface area contributed by atoms with E-state index in [-0.39, 0.29) is 0 Å². The number of hydrogen-bond acceptors (Lipinski definition) is 5. The lowest BCUT2D eigenvalue weighted by Gasteiger charge is -2.04. The highest BCUT2D eigenvalue weighted by molar-refractivity contribution is 7.92. The maximum Gasteiger partial charge on any atom is 0.490 e. The summed E-state index contributed by atoms with van der Waals surface area (Å²) in [4.78, 5) is 8.90. The van der Waals surface area contributed by atoms with E-state index >= 15 is 0 Å². The minimum atomic E-state index is -5.08. The van der Waals surface area contributed by atoms with Crippen molar-refractivity contribution in [2.75, 3.05) is 17.5 Å². The number of nitrogens with zero attached hydrogens (tertiary/aromatic N) is 1. The lowest BCUT2D eigenvalue weighted by molar-refractivity contribution is -0.192. The molecule has 0 aliphatic carbocycles. The van der Waals surface area contributed by atoms with Gasteiger partial charge in [0.2, 0.25) is 10.0 Å². The van der Waals surface area contributed by atoms with Crippen molar-refractivity contribution in [2.24, 2.45) is 5.10 Å². The van der Waals surface area contributed by atoms with Crippen LogP contribution in [0.15, 0.2) is 29.4 Å². The first-order chi connectivity index (χ1) is 10.5. The van der Waals surface area contributed by atoms with Gasteiger partial charge >= 0.3 is 12.1 Å². The second-order valence-corrected chi connectivity index (χ2v) is 6.22. The molecule has 1 aromatic rings. The van der Waals surface area contributed by atoms with Crippen LogP contribution in [0, 0.1) is 0 Å². The first-order valence-electron chi connectivity index (χ1n) is 6.17. The molecule has 0 saturated heterocycles. The zero-order valence-corrected chi connectivity index (χ0v) is 12.7. The highest BCUT2D eigenvalue weighted by Crippen LogP contribution is 2.14. The Morgan fingerprint density at radius 3 is 2.17 bits per heavy atom. The molecule has 128 valence electrons. The highest BCUT2D eigenvalue weighted by atomic mass is 32.2. The van der Waals surface area contributed by atoms with Crippen LogP contribution in [-0.4, -0.2) is 44.2 Å². The second kappa shape index (κ2) is 7.31. The standard InChI is InChI=1S/C10H13N3O2S.C2HF3O2/c1-16(14,15)13-9-4-2-8(3-5-9)10-6-7-11-12-10;3-2(4,5)1(6)7/h2-5,11,13H,6-7H2,1H3;(H,6,7). The number of aliphatic carboxylic acids is 1. The van der Waals surface area contributed by atoms with Crippen LogP contribution in [0.25, 0.3) is 0 Å². The Morgan fingerprint density at radius 1 is 1.30 bits per heavy atom. The molecule has 0 fully saturated rings. The van der Waals surface area contributed by atoms with Gasteiger partial charge in [0, 0.05) is 18.7 Å². The predicted molar refractivity (Wildman–Crippen MR) is 77.8 cm³/mol. The number of sulfonamides is 1. The normalized spacial score (nSPS) is 14.2. The van der Waals surface area contributed by atoms with Gasteiger partial charge in [-0.3, -0.25) is 4.72 Å². The van der Waals surface area contributed by atoms with E-state index in [2.05, 4.69) is 15.2 Å². The zero-order chi connectivity index (χ0) is 17.7. The Morgan fingerprint density at radius 2 is 1.83 bits per heavy atom. The summed E-state index contributed by atoms with van der Waals surface area (Å²) < 4.78 is 56.1. The van der Waals surface area contributed by atoms with E-state index in [1.165, 1.54) is 0 Å². The lowest BCUT2D eigenvalue weighted by atomic mass is 10.1. The summed E-state index contributed by atoms with van der Waals surface area (Å²) in [5.74, 6) is -2.76. The Kier molecular flexibility index (Phi) is 5.96. The van der Waals surface area contributed by atoms with E-state index in [0.717, 1.165) is 30.5 Å². The third-order valence-electron chi connectivity index (χ3n) is 2.45. The number of carboxylic acids is 1. The van der Waals surface area contributed by atoms with Crippen molar-refractivity contribution in [1.29, 1.82) is 0 Å². The number of rotatable bonds is 3. The number of anilines is 1. The molecule has 1 aliphatic heterocycles. The molecule has 0 amide bonds. The summed E-state index contributed by atoms with van der Waals surface area (Å²) in [6.45, 7) is 0.860. The fraction of sp³-hybridized carbons (Fsp3) is 0.333. The number of benzene rings is 1. The first kappa shape index (κ1) is 18.7. The number of carboxylic acid groups (broad SMARTS) is 1. The fourth-order valence-electron chi connectivity index (χ4n) is 1.54. The molecule has 3 N–H and O–H groups in total. The van der Waals surface area contributed by atoms with Gasteiger partial charge in [-0.15, -0.1) is 0 Å². The Labute approximate surface area is 130 Å². The molecule has 0 unspecified atom stereocenters. The molecule has 0 saturated carbocycles. The van der Waals surface area contributed by atoms with Gasteiger partial charge in [-0.25, -0.2) is 13.2 Å². The molecule has 0 bridgehead atoms. The number of hydrogen-bond donors (Lipinski definition) is 3. The van der Waals surface area contributed by atoms with Gasteiger partial charge < -0.3 is 10.5 Å². The van der Waals surface area contributed by atoms with Crippen molar-refractivity contribution in [1.82, 2.24) is 5.43 Å². The summed E-state index contributed by atoms with van der Waals surface area (Å²) in [6, 6.07) is 7.19. The van der Waals surface area contributed by atoms with Crippen molar-refractivity contribution < 1.29 is 31.5 Å². The number of nitrogens with one attached hydrogen (secondary N) is 2. The maximum absolute atomic E-state index is 11.0. The van der Waals surface area contributed by atoms with E-state index in [1.54, 1.807) is 12.1 Å². The minimum Gasteiger partial charge on any atom is -0.475 e. The minimum absolute atomic E-state index is 0.567. The summed E-state index contributed by atoms with van der Waals surface area (Å²) in [5.41, 5.74) is 5.49. The van der Waals surface area contributed by atoms with Crippen LogP contribution in [0.3, 0.4) is 0 Å². The van der Waals surface area contributed by atoms with E-state index in [0.29, 0.717) is 5.69 Å². The van der Waals surface area contributed by atoms with Crippen molar-refractivity contribution in [3.63, 3.8) is 0 Å². The average molecular weight is 353 g/mol. The number of halogens is 3. The summed E-state index contributed by atoms with van der Waals surface area (Å²) in [5, 5.41) is 11.3. The number of carbonyl (C=O) groups is 1. The molecule has 0 atom stereocenters. The third-order valence-corrected chi connectivity index (χ3v) is 3.06. The molecule has 0 radical (unpaired) electrons. The lowest BCUT2D eigenvalue weighted by Crippen LogP contribution is -2.21. The predicted octanol–water partition coefficient (Wildman–Crippen LogP) is 1.39. The largest absolute Gasteiger partial charge is 0.490 e. The Bertz CT molecular complexity index is 684. The van der Waals surface area contributed by atoms with Crippen molar-refractivity contribution in [2.45, 2.75) is 12.6 Å². The van der Waals surface area contributed by atoms with Crippen molar-refractivity contribution in [3.8, 4) is 0 Å². The molecule has 0 spiro atoms. The monoisotopic (exact) mass is 353 g/mol. The summed E-state index contributed by atoms with van der Waals surface area (Å²) in [7, 11) is -3.20. The topological polar surface area (TPSA) is 108 Å². The molecule has 11 heteroatoms. The average Bonchev–Trinajstić information content (AvgIpc) is 2.91. The van der Waals surface area contributed by atoms with Crippen LogP contribution in [-0.2, 0) is 14.8 Å². The molecule has 7 nitrogen and oxygen atoms in total. The van der Waals surface area contributed by atoms with Gasteiger partial charge in [0.25, 0.3) is 0 Å². The number of hydrazone groups is 1. The molecule has 1 aromatic carbocycles. The quantitative estimate of drug-likeness (QED) is 0.761. The SMILES string of the molecule is CS(=O)(=O)Nc1ccc(C2=NNCC2)cc1.O=C(O)C(F)(F)F. The second-order valence-electron chi connectivity index (χ2n) is 4.47. The van der Waals surface area contributed by atoms with E-state index in [1.807, 2.05) is 12.1 Å². The highest BCUT2D eigenvalue weighted by Gasteiger charge is 2.38. The van der Waals surface area contributed by atoms with Gasteiger partial charge in [0.15, 0.2) is 0 Å². The van der Waals surface area contributed by atoms with Crippen LogP contribution < -0.4 is 10.1 Å². The van der Waals surface area contributed by atoms with Gasteiger partial charge in [-0.05, 0) is 17.7 Å². The first-order valence-corrected chi connectivity index (χ1v) is 8.06. The van der Waals surface area contributed by atoms with Crippen LogP contribution in [0.2, 0.25) is 0 Å². The van der Waals surface area contributed by atoms with Crippen molar-refractivity contribution >= 4 is 27.4 Å². The maximum atomic E-state index is 11.0. The van der Waals surface area contributed by atoms with Gasteiger partial charge in [0.05, 0.1) is 12.0 Å². The van der Waals surface area contributed by atoms with Crippen LogP contribution >= 0.6 is 0 Å². The smallest absolute Gasteiger partial charge is 0.475 e. The molecule has 23 heavy (non-hydrogen) atoms. The van der Waals surface area contributed by atoms with E-state index in [4.69, 9.17) is 9.90 Å². The number of alkyl halides is 3. The molecule has 2 rings (SSSR count). The van der Waals surface area contributed by atoms with E-state index < -0.39 is 22.2 Å².